The van der Waals surface area contributed by atoms with E-state index in [2.05, 4.69) is 177 Å². The minimum atomic E-state index is -3.69. The summed E-state index contributed by atoms with van der Waals surface area (Å²) >= 11 is 61.8. The number of halogens is 15. The molecule has 0 unspecified atom stereocenters. The van der Waals surface area contributed by atoms with Crippen LogP contribution < -0.4 is 11.9 Å². The SMILES string of the molecule is C.C.CC(C)O.CI.CI.ClP(Cl)(Cl)(Cl)Cl.N.Nc1nccn2c([C@@H]3CCCN3C(=O)OCc3ccccc3)nc(Br)c12.O.O=C(CCc1nccnc1Cl)[C@@H]1CCCN1C(=O)OCc1ccccc1.O=C(OCc1ccccc1)N1CCC[C@H]1c1nc(Br)c2c(Cl)nccn12.O=C(OCc1ccccc1)N1CCC[C@H]1c1ncc2c(Cl)nccn12.[I][V]([I])[I]. The van der Waals surface area contributed by atoms with Crippen molar-refractivity contribution in [2.24, 2.45) is 0 Å². The summed E-state index contributed by atoms with van der Waals surface area (Å²) in [5.41, 5.74) is 12.5. The predicted octanol–water partition coefficient (Wildman–Crippen LogP) is 25.5. The van der Waals surface area contributed by atoms with E-state index in [1.807, 2.05) is 157 Å². The van der Waals surface area contributed by atoms with Crippen LogP contribution in [0.4, 0.5) is 25.0 Å². The number of nitrogen functional groups attached to an aromatic ring is 1. The molecular weight excluding hydrogens is 2530 g/mol. The van der Waals surface area contributed by atoms with Gasteiger partial charge in [-0.3, -0.25) is 42.6 Å². The number of benzene rings is 4. The van der Waals surface area contributed by atoms with Gasteiger partial charge in [0, 0.05) is 88.3 Å². The minimum absolute atomic E-state index is 0. The molecule has 0 spiro atoms. The second-order valence-electron chi connectivity index (χ2n) is 26.3. The van der Waals surface area contributed by atoms with Crippen molar-refractivity contribution < 1.29 is 58.4 Å². The van der Waals surface area contributed by atoms with Crippen LogP contribution in [0.1, 0.15) is 150 Å². The summed E-state index contributed by atoms with van der Waals surface area (Å²) in [6.45, 7) is 6.90. The molecule has 4 aliphatic rings. The number of nitrogens with two attached hydrogens (primary N) is 1. The van der Waals surface area contributed by atoms with Gasteiger partial charge in [-0.1, -0.05) is 216 Å². The zero-order valence-corrected chi connectivity index (χ0v) is 88.8. The number of fused-ring (bicyclic) bond motifs is 3. The maximum atomic E-state index is 12.6. The number of amides is 4. The first-order valence-electron chi connectivity index (χ1n) is 37.0. The van der Waals surface area contributed by atoms with E-state index in [0.717, 1.165) is 90.2 Å². The van der Waals surface area contributed by atoms with Crippen molar-refractivity contribution in [2.45, 2.75) is 150 Å². The molecule has 0 aliphatic carbocycles. The van der Waals surface area contributed by atoms with Gasteiger partial charge in [0.05, 0.1) is 36.1 Å². The number of aryl methyl sites for hydroxylation is 1. The van der Waals surface area contributed by atoms with Gasteiger partial charge >= 0.3 is 149 Å². The fourth-order valence-electron chi connectivity index (χ4n) is 12.9. The van der Waals surface area contributed by atoms with Gasteiger partial charge in [0.15, 0.2) is 21.9 Å². The number of anilines is 1. The van der Waals surface area contributed by atoms with Crippen LogP contribution in [0.2, 0.25) is 15.5 Å². The molecular formula is C80H98Br2Cl8I5N17O11PV. The van der Waals surface area contributed by atoms with E-state index in [4.69, 9.17) is 121 Å². The average Bonchev–Trinajstić information content (AvgIpc) is 1.63. The van der Waals surface area contributed by atoms with Crippen molar-refractivity contribution in [3.63, 3.8) is 0 Å². The Bertz CT molecular complexity index is 4930. The first-order valence-corrected chi connectivity index (χ1v) is 64.3. The van der Waals surface area contributed by atoms with Gasteiger partial charge in [-0.15, -0.1) is 0 Å². The zero-order chi connectivity index (χ0) is 88.4. The molecule has 15 rings (SSSR count). The second kappa shape index (κ2) is 59.0. The third-order valence-electron chi connectivity index (χ3n) is 17.9. The number of alkyl halides is 2. The Morgan fingerprint density at radius 2 is 0.816 bits per heavy atom. The van der Waals surface area contributed by atoms with E-state index >= 15 is 0 Å². The summed E-state index contributed by atoms with van der Waals surface area (Å²) in [7, 11) is 0. The van der Waals surface area contributed by atoms with Gasteiger partial charge in [-0.05, 0) is 136 Å². The van der Waals surface area contributed by atoms with Crippen LogP contribution in [0.15, 0.2) is 186 Å². The Balaban J connectivity index is 0.000000399. The van der Waals surface area contributed by atoms with Crippen molar-refractivity contribution in [3.05, 3.63) is 247 Å². The van der Waals surface area contributed by atoms with Crippen LogP contribution >= 0.6 is 231 Å². The predicted molar refractivity (Wildman–Crippen MR) is 549 cm³/mol. The molecule has 4 aromatic carbocycles. The number of aromatic nitrogens is 11. The number of aliphatic hydroxyl groups excluding tert-OH is 1. The molecule has 4 fully saturated rings. The summed E-state index contributed by atoms with van der Waals surface area (Å²) in [5, 5.41) is 9.14. The van der Waals surface area contributed by atoms with E-state index < -0.39 is 15.5 Å². The summed E-state index contributed by atoms with van der Waals surface area (Å²) in [5.74, 6) is 2.70. The van der Waals surface area contributed by atoms with Gasteiger partial charge in [-0.2, -0.15) is 0 Å². The van der Waals surface area contributed by atoms with E-state index in [-0.39, 0.29) is 113 Å². The Morgan fingerprint density at radius 3 is 1.22 bits per heavy atom. The Morgan fingerprint density at radius 1 is 0.496 bits per heavy atom. The van der Waals surface area contributed by atoms with E-state index in [9.17, 15) is 24.0 Å². The van der Waals surface area contributed by atoms with Crippen LogP contribution in [0.25, 0.3) is 16.6 Å². The molecule has 0 saturated carbocycles. The Labute approximate surface area is 849 Å². The molecule has 0 radical (unpaired) electrons. The summed E-state index contributed by atoms with van der Waals surface area (Å²) in [6, 6.07) is 37.6. The average molecular weight is 2630 g/mol. The van der Waals surface area contributed by atoms with Crippen LogP contribution in [-0.4, -0.2) is 162 Å². The molecule has 684 valence electrons. The van der Waals surface area contributed by atoms with Gasteiger partial charge in [0.1, 0.15) is 74.8 Å². The first-order chi connectivity index (χ1) is 57.9. The number of nitrogens with zero attached hydrogens (tertiary/aromatic N) is 15. The van der Waals surface area contributed by atoms with Crippen LogP contribution in [0.3, 0.4) is 0 Å². The molecule has 45 heteroatoms. The summed E-state index contributed by atoms with van der Waals surface area (Å²) in [6.07, 6.45) is 20.8. The van der Waals surface area contributed by atoms with Crippen LogP contribution in [0, 0.1) is 0 Å². The van der Waals surface area contributed by atoms with Crippen LogP contribution in [-0.2, 0) is 61.5 Å². The summed E-state index contributed by atoms with van der Waals surface area (Å²) in [4.78, 5) is 107. The molecule has 11 heterocycles. The number of imidazole rings is 3. The molecule has 0 bridgehead atoms. The second-order valence-corrected chi connectivity index (χ2v) is 80.9. The van der Waals surface area contributed by atoms with Gasteiger partial charge in [0.25, 0.3) is 0 Å². The maximum absolute atomic E-state index is 12.6. The Hall–Kier alpha value is -3.81. The number of hydrogen-bond acceptors (Lipinski definition) is 20. The quantitative estimate of drug-likeness (QED) is 0.0371. The fourth-order valence-corrected chi connectivity index (χ4v) is 14.8. The third kappa shape index (κ3) is 37.6. The van der Waals surface area contributed by atoms with E-state index in [1.54, 1.807) is 65.7 Å². The molecule has 11 aromatic rings. The number of aliphatic hydroxyl groups is 1. The number of ketones is 1. The van der Waals surface area contributed by atoms with Crippen molar-refractivity contribution in [1.29, 1.82) is 0 Å². The normalized spacial score (nSPS) is 15.5. The standard InChI is InChI=1S/C19H20ClN3O3.C18H16BrClN4O2.C18H18BrN5O2.C18H17ClN4O2.C3H8O.2CH3I.2CH4.Cl5P.3HI.H3N.H2O.V/c20-18-15(21-10-11-22-18)8-9-17(24)16-7-4-12-23(16)19(25)26-13-14-5-2-1-3-6-14;2*19-15-14-16(20)21-8-10-24(14)17(22-15)13-7-4-9-23(13)18(25)26-11-12-5-2-1-3-6-12;19-16-15-11-21-17(22(15)10-8-20-16)14-7-4-9-23(14)18(24)25-12-13-5-2-1-3-6-13;1-3(2)4;2*1-2;;;1-6(2,3,4)5;;;;;;/h1-3,5-6,10-11,16H,4,7-9,12-13H2;1-3,5-6,8,10,13H,4,7,9,11H2;1-3,5-6,8,10,13H,4,7,9,11H2,(H2,20,21);1-3,5-6,8,10-11,14H,4,7,9,12H2;3-4H,1-2H3;2*1H3;2*1H4;;3*1H;1H3;1H2;/q;;;;;;;;;;;;;;;+3/p-3/t16-;2*13-;14-;;;;;;;;;;;;/m0000............/s1. The van der Waals surface area contributed by atoms with E-state index in [0.29, 0.717) is 86.2 Å². The molecule has 28 nitrogen and oxygen atoms in total. The third-order valence-corrected chi connectivity index (χ3v) is 19.9. The van der Waals surface area contributed by atoms with Crippen molar-refractivity contribution in [1.82, 2.24) is 78.8 Å². The number of Topliss-reactive ketones (excluding diaryl/α,β-unsaturated/α-hetero) is 1. The number of rotatable bonds is 15. The Kier molecular flexibility index (Phi) is 54.4. The number of carbonyl (C=O) groups is 5. The number of likely N-dealkylation sites (tertiary alicyclic amines) is 4. The molecule has 7 aromatic heterocycles. The fraction of sp³-hybridized carbons (Fsp3) is 0.362. The summed E-state index contributed by atoms with van der Waals surface area (Å²) < 4.78 is 25.1. The van der Waals surface area contributed by atoms with Gasteiger partial charge < -0.3 is 41.4 Å². The number of ether oxygens (including phenoxy) is 4. The van der Waals surface area contributed by atoms with Crippen LogP contribution in [0.5, 0.6) is 0 Å². The molecule has 4 amide bonds. The molecule has 125 heavy (non-hydrogen) atoms. The molecule has 4 saturated heterocycles. The topological polar surface area (TPSA) is 364 Å². The molecule has 4 atom stereocenters. The first kappa shape index (κ1) is 115. The van der Waals surface area contributed by atoms with Crippen molar-refractivity contribution in [2.75, 3.05) is 41.8 Å². The number of carbonyl (C=O) groups excluding carboxylic acids is 5. The monoisotopic (exact) mass is 2630 g/mol. The van der Waals surface area contributed by atoms with Crippen molar-refractivity contribution >= 4 is 284 Å². The zero-order valence-electron chi connectivity index (χ0n) is 66.5. The molecule has 4 aliphatic heterocycles. The van der Waals surface area contributed by atoms with Gasteiger partial charge in [-0.25, -0.2) is 54.1 Å². The van der Waals surface area contributed by atoms with Crippen molar-refractivity contribution in [3.8, 4) is 0 Å². The number of hydrogen-bond donors (Lipinski definition) is 3. The van der Waals surface area contributed by atoms with E-state index in [1.165, 1.54) is 11.1 Å². The molecule has 8 N–H and O–H groups in total. The van der Waals surface area contributed by atoms with Gasteiger partial charge in [0.2, 0.25) is 0 Å².